The van der Waals surface area contributed by atoms with E-state index < -0.39 is 34.1 Å². The third kappa shape index (κ3) is 16.8. The molecular weight excluding hydrogens is 736 g/mol. The van der Waals surface area contributed by atoms with Gasteiger partial charge >= 0.3 is 21.7 Å². The molecule has 6 rings (SSSR count). The van der Waals surface area contributed by atoms with E-state index in [2.05, 4.69) is 24.3 Å². The summed E-state index contributed by atoms with van der Waals surface area (Å²) in [5.41, 5.74) is -0.968. The first-order chi connectivity index (χ1) is 25.6. The third-order valence-electron chi connectivity index (χ3n) is 9.54. The van der Waals surface area contributed by atoms with E-state index in [1.807, 2.05) is 78.0 Å². The van der Waals surface area contributed by atoms with Gasteiger partial charge in [0.25, 0.3) is 0 Å². The molecular formula is C46H58F4N2O2Ti. The summed E-state index contributed by atoms with van der Waals surface area (Å²) in [6.07, 6.45) is 31.3. The van der Waals surface area contributed by atoms with Gasteiger partial charge in [0.1, 0.15) is 0 Å². The quantitative estimate of drug-likeness (QED) is 0.166. The Bertz CT molecular complexity index is 1470. The van der Waals surface area contributed by atoms with Crippen LogP contribution in [0.1, 0.15) is 119 Å². The van der Waals surface area contributed by atoms with Crippen molar-refractivity contribution in [2.24, 2.45) is 22.7 Å². The fourth-order valence-corrected chi connectivity index (χ4v) is 6.62. The van der Waals surface area contributed by atoms with Crippen LogP contribution in [0.15, 0.2) is 60.7 Å². The molecule has 0 aliphatic heterocycles. The minimum Gasteiger partial charge on any atom is -0.363 e. The number of halogens is 4. The summed E-state index contributed by atoms with van der Waals surface area (Å²) in [6.45, 7) is 11.9. The number of allylic oxidation sites excluding steroid dienone is 8. The van der Waals surface area contributed by atoms with Gasteiger partial charge in [0.15, 0.2) is 0 Å². The van der Waals surface area contributed by atoms with Crippen LogP contribution in [0, 0.1) is 70.2 Å². The molecule has 2 aromatic carbocycles. The van der Waals surface area contributed by atoms with Crippen LogP contribution in [0.5, 0.6) is 0 Å². The Morgan fingerprint density at radius 1 is 0.600 bits per heavy atom. The molecule has 0 N–H and O–H groups in total. The Morgan fingerprint density at radius 2 is 0.945 bits per heavy atom. The summed E-state index contributed by atoms with van der Waals surface area (Å²) in [6, 6.07) is 9.06. The Hall–Kier alpha value is -3.23. The molecule has 0 saturated heterocycles. The smallest absolute Gasteiger partial charge is 0.363 e. The van der Waals surface area contributed by atoms with Crippen molar-refractivity contribution >= 4 is 23.2 Å². The standard InChI is InChI=1S/2C18H24F2NO.2C5H5.Ti/c2*1-18(2,3)17(22)21(12-13-7-5-4-6-8-13)16-10-9-14(19)11-15(16)20;2*1-2-4-5-3-1;/h2*9-10,13H,4-8,12H2,1-3H3;2*1-3H,4H2;/q4*-1;+4. The average Bonchev–Trinajstić information content (AvgIpc) is 3.91. The molecule has 4 aliphatic rings. The van der Waals surface area contributed by atoms with Gasteiger partial charge in [-0.3, -0.25) is 21.7 Å². The number of hydrogen-bond acceptors (Lipinski definition) is 2. The van der Waals surface area contributed by atoms with Crippen molar-refractivity contribution in [3.63, 3.8) is 0 Å². The SMILES string of the molecule is CC(C)(C)C(=O)N(CC1CCCCC1)c1ccc(F)[c-]c1F.CC(C)(C)C(=O)N(CC1CCCCC1)c1ccc(F)[c-]c1F.[C-]1=CC=CC1.[C-]1=CC=CC1.[Ti+4]. The van der Waals surface area contributed by atoms with Gasteiger partial charge in [-0.05, 0) is 48.9 Å². The molecule has 55 heavy (non-hydrogen) atoms. The van der Waals surface area contributed by atoms with Gasteiger partial charge in [-0.1, -0.05) is 80.1 Å². The molecule has 2 aromatic rings. The number of hydrogen-bond donors (Lipinski definition) is 0. The maximum atomic E-state index is 14.1. The molecule has 0 bridgehead atoms. The molecule has 2 fully saturated rings. The van der Waals surface area contributed by atoms with E-state index in [1.54, 1.807) is 0 Å². The van der Waals surface area contributed by atoms with Gasteiger partial charge in [-0.2, -0.15) is 12.2 Å². The number of carbonyl (C=O) groups is 2. The van der Waals surface area contributed by atoms with E-state index in [4.69, 9.17) is 0 Å². The van der Waals surface area contributed by atoms with E-state index in [0.29, 0.717) is 24.9 Å². The van der Waals surface area contributed by atoms with Crippen molar-refractivity contribution in [1.29, 1.82) is 0 Å². The molecule has 0 unspecified atom stereocenters. The van der Waals surface area contributed by atoms with Gasteiger partial charge in [-0.15, -0.1) is 49.2 Å². The summed E-state index contributed by atoms with van der Waals surface area (Å²) >= 11 is 0. The van der Waals surface area contributed by atoms with Crippen molar-refractivity contribution in [3.05, 3.63) is 108 Å². The van der Waals surface area contributed by atoms with E-state index >= 15 is 0 Å². The van der Waals surface area contributed by atoms with Crippen LogP contribution in [-0.2, 0) is 31.3 Å². The van der Waals surface area contributed by atoms with Gasteiger partial charge in [0.05, 0.1) is 0 Å². The topological polar surface area (TPSA) is 40.6 Å². The van der Waals surface area contributed by atoms with Crippen LogP contribution in [-0.4, -0.2) is 24.9 Å². The predicted octanol–water partition coefficient (Wildman–Crippen LogP) is 12.1. The van der Waals surface area contributed by atoms with Crippen molar-refractivity contribution in [1.82, 2.24) is 0 Å². The first-order valence-electron chi connectivity index (χ1n) is 19.4. The zero-order valence-electron chi connectivity index (χ0n) is 33.6. The van der Waals surface area contributed by atoms with E-state index in [-0.39, 0.29) is 44.9 Å². The number of benzene rings is 2. The Labute approximate surface area is 343 Å². The molecule has 2 amide bonds. The average molecular weight is 795 g/mol. The fourth-order valence-electron chi connectivity index (χ4n) is 6.62. The first kappa shape index (κ1) is 47.9. The van der Waals surface area contributed by atoms with Crippen molar-refractivity contribution in [2.45, 2.75) is 119 Å². The number of anilines is 2. The number of nitrogens with zero attached hydrogens (tertiary/aromatic N) is 2. The number of amides is 2. The van der Waals surface area contributed by atoms with Gasteiger partial charge in [0, 0.05) is 47.2 Å². The van der Waals surface area contributed by atoms with Crippen LogP contribution in [0.2, 0.25) is 0 Å². The maximum Gasteiger partial charge on any atom is 4.00 e. The van der Waals surface area contributed by atoms with Crippen LogP contribution < -0.4 is 9.80 Å². The normalized spacial score (nSPS) is 16.5. The second-order valence-corrected chi connectivity index (χ2v) is 16.4. The van der Waals surface area contributed by atoms with Crippen LogP contribution >= 0.6 is 0 Å². The van der Waals surface area contributed by atoms with E-state index in [9.17, 15) is 27.2 Å². The largest absolute Gasteiger partial charge is 4.00 e. The Balaban J connectivity index is 0.000000298. The molecule has 0 atom stereocenters. The van der Waals surface area contributed by atoms with Crippen molar-refractivity contribution in [3.8, 4) is 0 Å². The molecule has 0 radical (unpaired) electrons. The monoisotopic (exact) mass is 794 g/mol. The number of rotatable bonds is 6. The van der Waals surface area contributed by atoms with Crippen LogP contribution in [0.4, 0.5) is 28.9 Å². The van der Waals surface area contributed by atoms with Crippen LogP contribution in [0.3, 0.4) is 0 Å². The summed E-state index contributed by atoms with van der Waals surface area (Å²) < 4.78 is 54.4. The van der Waals surface area contributed by atoms with Gasteiger partial charge in [0.2, 0.25) is 11.8 Å². The third-order valence-corrected chi connectivity index (χ3v) is 9.54. The van der Waals surface area contributed by atoms with Crippen molar-refractivity contribution in [2.75, 3.05) is 22.9 Å². The molecule has 2 saturated carbocycles. The second kappa shape index (κ2) is 23.8. The Kier molecular flexibility index (Phi) is 20.7. The molecule has 0 spiro atoms. The minimum atomic E-state index is -0.798. The molecule has 0 heterocycles. The first-order valence-corrected chi connectivity index (χ1v) is 19.4. The molecule has 0 aromatic heterocycles. The minimum absolute atomic E-state index is 0. The molecule has 9 heteroatoms. The second-order valence-electron chi connectivity index (χ2n) is 16.4. The molecule has 296 valence electrons. The number of carbonyl (C=O) groups excluding carboxylic acids is 2. The Morgan fingerprint density at radius 3 is 1.18 bits per heavy atom. The van der Waals surface area contributed by atoms with E-state index in [1.165, 1.54) is 34.8 Å². The summed E-state index contributed by atoms with van der Waals surface area (Å²) in [5, 5.41) is 0. The van der Waals surface area contributed by atoms with Gasteiger partial charge < -0.3 is 9.80 Å². The van der Waals surface area contributed by atoms with E-state index in [0.717, 1.165) is 76.3 Å². The maximum absolute atomic E-state index is 14.1. The predicted molar refractivity (Wildman–Crippen MR) is 210 cm³/mol. The summed E-state index contributed by atoms with van der Waals surface area (Å²) in [5.74, 6) is -2.62. The molecule has 4 nitrogen and oxygen atoms in total. The van der Waals surface area contributed by atoms with Crippen molar-refractivity contribution < 1.29 is 48.9 Å². The fraction of sp³-hybridized carbons (Fsp3) is 0.522. The zero-order chi connectivity index (χ0) is 39.7. The van der Waals surface area contributed by atoms with Crippen LogP contribution in [0.25, 0.3) is 0 Å². The summed E-state index contributed by atoms with van der Waals surface area (Å²) in [4.78, 5) is 28.4. The zero-order valence-corrected chi connectivity index (χ0v) is 35.1. The summed E-state index contributed by atoms with van der Waals surface area (Å²) in [7, 11) is 0. The van der Waals surface area contributed by atoms with Gasteiger partial charge in [-0.25, -0.2) is 41.9 Å². The molecule has 4 aliphatic carbocycles.